The van der Waals surface area contributed by atoms with Gasteiger partial charge in [0.15, 0.2) is 5.82 Å². The molecule has 3 nitrogen and oxygen atoms in total. The molecule has 3 heteroatoms. The van der Waals surface area contributed by atoms with Crippen LogP contribution in [0.5, 0.6) is 0 Å². The normalized spacial score (nSPS) is 12.4. The molecular weight excluding hydrogens is 200 g/mol. The molecule has 0 saturated heterocycles. The van der Waals surface area contributed by atoms with Gasteiger partial charge in [0.1, 0.15) is 0 Å². The minimum atomic E-state index is -0.0474. The molecule has 0 radical (unpaired) electrons. The summed E-state index contributed by atoms with van der Waals surface area (Å²) in [7, 11) is 0. The highest BCUT2D eigenvalue weighted by molar-refractivity contribution is 5.01. The number of rotatable bonds is 5. The smallest absolute Gasteiger partial charge is 0.232 e. The van der Waals surface area contributed by atoms with Crippen molar-refractivity contribution < 1.29 is 4.52 Å². The Bertz CT molecular complexity index is 306. The van der Waals surface area contributed by atoms with E-state index in [2.05, 4.69) is 44.8 Å². The predicted octanol–water partition coefficient (Wildman–Crippen LogP) is 4.05. The molecule has 0 fully saturated rings. The highest BCUT2D eigenvalue weighted by Crippen LogP contribution is 2.27. The lowest BCUT2D eigenvalue weighted by Gasteiger charge is -2.12. The van der Waals surface area contributed by atoms with Gasteiger partial charge in [-0.3, -0.25) is 0 Å². The van der Waals surface area contributed by atoms with Gasteiger partial charge in [-0.25, -0.2) is 0 Å². The van der Waals surface area contributed by atoms with Crippen molar-refractivity contribution in [3.8, 4) is 0 Å². The van der Waals surface area contributed by atoms with Crippen LogP contribution < -0.4 is 0 Å². The van der Waals surface area contributed by atoms with Crippen molar-refractivity contribution in [2.24, 2.45) is 0 Å². The zero-order valence-electron chi connectivity index (χ0n) is 11.2. The summed E-state index contributed by atoms with van der Waals surface area (Å²) in [5, 5.41) is 4.13. The van der Waals surface area contributed by atoms with E-state index >= 15 is 0 Å². The van der Waals surface area contributed by atoms with Crippen molar-refractivity contribution in [2.75, 3.05) is 0 Å². The molecule has 92 valence electrons. The minimum absolute atomic E-state index is 0.0474. The largest absolute Gasteiger partial charge is 0.339 e. The van der Waals surface area contributed by atoms with Crippen LogP contribution >= 0.6 is 0 Å². The van der Waals surface area contributed by atoms with Crippen LogP contribution in [-0.2, 0) is 5.41 Å². The van der Waals surface area contributed by atoms with E-state index in [1.807, 2.05) is 0 Å². The van der Waals surface area contributed by atoms with Gasteiger partial charge in [0.25, 0.3) is 0 Å². The van der Waals surface area contributed by atoms with E-state index in [1.165, 1.54) is 12.8 Å². The number of aromatic nitrogens is 2. The Hall–Kier alpha value is -0.860. The minimum Gasteiger partial charge on any atom is -0.339 e. The second-order valence-corrected chi connectivity index (χ2v) is 5.48. The Morgan fingerprint density at radius 1 is 1.12 bits per heavy atom. The second-order valence-electron chi connectivity index (χ2n) is 5.48. The quantitative estimate of drug-likeness (QED) is 0.757. The first kappa shape index (κ1) is 13.2. The molecule has 0 atom stereocenters. The van der Waals surface area contributed by atoms with Crippen molar-refractivity contribution in [3.63, 3.8) is 0 Å². The summed E-state index contributed by atoms with van der Waals surface area (Å²) in [5.41, 5.74) is -0.0474. The topological polar surface area (TPSA) is 38.9 Å². The average molecular weight is 224 g/mol. The molecule has 0 N–H and O–H groups in total. The van der Waals surface area contributed by atoms with Crippen LogP contribution in [0.25, 0.3) is 0 Å². The van der Waals surface area contributed by atoms with E-state index in [1.54, 1.807) is 0 Å². The summed E-state index contributed by atoms with van der Waals surface area (Å²) in [5.74, 6) is 2.11. The summed E-state index contributed by atoms with van der Waals surface area (Å²) in [6.07, 6.45) is 4.64. The average Bonchev–Trinajstić information content (AvgIpc) is 2.65. The first-order valence-corrected chi connectivity index (χ1v) is 6.33. The van der Waals surface area contributed by atoms with Gasteiger partial charge in [-0.2, -0.15) is 4.98 Å². The van der Waals surface area contributed by atoms with Crippen LogP contribution in [0.3, 0.4) is 0 Å². The van der Waals surface area contributed by atoms with Crippen LogP contribution in [0, 0.1) is 0 Å². The van der Waals surface area contributed by atoms with Gasteiger partial charge in [0, 0.05) is 11.3 Å². The molecule has 0 saturated carbocycles. The summed E-state index contributed by atoms with van der Waals surface area (Å²) in [6, 6.07) is 0. The lowest BCUT2D eigenvalue weighted by molar-refractivity contribution is 0.316. The maximum absolute atomic E-state index is 5.34. The van der Waals surface area contributed by atoms with E-state index in [-0.39, 0.29) is 5.41 Å². The molecular formula is C13H24N2O. The Morgan fingerprint density at radius 2 is 1.69 bits per heavy atom. The van der Waals surface area contributed by atoms with Crippen LogP contribution in [0.1, 0.15) is 77.9 Å². The van der Waals surface area contributed by atoms with Gasteiger partial charge in [0.2, 0.25) is 5.89 Å². The lowest BCUT2D eigenvalue weighted by Crippen LogP contribution is -2.12. The Kier molecular flexibility index (Phi) is 4.51. The van der Waals surface area contributed by atoms with Crippen molar-refractivity contribution in [1.29, 1.82) is 0 Å². The van der Waals surface area contributed by atoms with Crippen molar-refractivity contribution in [2.45, 2.75) is 71.6 Å². The fourth-order valence-electron chi connectivity index (χ4n) is 1.80. The van der Waals surface area contributed by atoms with Crippen molar-refractivity contribution in [1.82, 2.24) is 10.1 Å². The summed E-state index contributed by atoms with van der Waals surface area (Å²) < 4.78 is 5.34. The van der Waals surface area contributed by atoms with Crippen LogP contribution in [0.4, 0.5) is 0 Å². The predicted molar refractivity (Wildman–Crippen MR) is 65.6 cm³/mol. The van der Waals surface area contributed by atoms with Crippen LogP contribution in [-0.4, -0.2) is 10.1 Å². The van der Waals surface area contributed by atoms with Gasteiger partial charge in [0.05, 0.1) is 0 Å². The first-order chi connectivity index (χ1) is 7.49. The zero-order valence-corrected chi connectivity index (χ0v) is 11.2. The second kappa shape index (κ2) is 5.46. The van der Waals surface area contributed by atoms with Gasteiger partial charge in [-0.05, 0) is 12.8 Å². The molecule has 0 amide bonds. The number of hydrogen-bond acceptors (Lipinski definition) is 3. The fraction of sp³-hybridized carbons (Fsp3) is 0.846. The third kappa shape index (κ3) is 3.32. The van der Waals surface area contributed by atoms with Crippen molar-refractivity contribution in [3.05, 3.63) is 11.7 Å². The fourth-order valence-corrected chi connectivity index (χ4v) is 1.80. The number of hydrogen-bond donors (Lipinski definition) is 0. The van der Waals surface area contributed by atoms with Gasteiger partial charge >= 0.3 is 0 Å². The SMILES string of the molecule is CCCC(CCC)c1noc(C(C)(C)C)n1. The lowest BCUT2D eigenvalue weighted by atomic mass is 9.96. The number of nitrogens with zero attached hydrogens (tertiary/aromatic N) is 2. The van der Waals surface area contributed by atoms with E-state index in [0.717, 1.165) is 24.6 Å². The maximum Gasteiger partial charge on any atom is 0.232 e. The molecule has 0 aliphatic carbocycles. The van der Waals surface area contributed by atoms with Gasteiger partial charge < -0.3 is 4.52 Å². The monoisotopic (exact) mass is 224 g/mol. The molecule has 1 aromatic rings. The summed E-state index contributed by atoms with van der Waals surface area (Å²) >= 11 is 0. The third-order valence-corrected chi connectivity index (χ3v) is 2.72. The Morgan fingerprint density at radius 3 is 2.06 bits per heavy atom. The van der Waals surface area contributed by atoms with Gasteiger partial charge in [-0.15, -0.1) is 0 Å². The molecule has 16 heavy (non-hydrogen) atoms. The van der Waals surface area contributed by atoms with Crippen LogP contribution in [0.15, 0.2) is 4.52 Å². The van der Waals surface area contributed by atoms with E-state index < -0.39 is 0 Å². The van der Waals surface area contributed by atoms with Crippen LogP contribution in [0.2, 0.25) is 0 Å². The van der Waals surface area contributed by atoms with Gasteiger partial charge in [-0.1, -0.05) is 52.6 Å². The highest BCUT2D eigenvalue weighted by Gasteiger charge is 2.24. The molecule has 1 rings (SSSR count). The molecule has 1 aromatic heterocycles. The molecule has 0 aromatic carbocycles. The standard InChI is InChI=1S/C13H24N2O/c1-6-8-10(9-7-2)11-14-12(16-15-11)13(3,4)5/h10H,6-9H2,1-5H3. The molecule has 0 bridgehead atoms. The molecule has 0 aliphatic rings. The third-order valence-electron chi connectivity index (χ3n) is 2.72. The van der Waals surface area contributed by atoms with E-state index in [0.29, 0.717) is 5.92 Å². The molecule has 0 spiro atoms. The Balaban J connectivity index is 2.81. The van der Waals surface area contributed by atoms with E-state index in [9.17, 15) is 0 Å². The summed E-state index contributed by atoms with van der Waals surface area (Å²) in [6.45, 7) is 10.7. The summed E-state index contributed by atoms with van der Waals surface area (Å²) in [4.78, 5) is 4.54. The molecule has 1 heterocycles. The molecule has 0 aliphatic heterocycles. The zero-order chi connectivity index (χ0) is 12.2. The Labute approximate surface area is 98.6 Å². The maximum atomic E-state index is 5.34. The highest BCUT2D eigenvalue weighted by atomic mass is 16.5. The molecule has 0 unspecified atom stereocenters. The first-order valence-electron chi connectivity index (χ1n) is 6.33. The van der Waals surface area contributed by atoms with E-state index in [4.69, 9.17) is 4.52 Å². The van der Waals surface area contributed by atoms with Crippen molar-refractivity contribution >= 4 is 0 Å².